The summed E-state index contributed by atoms with van der Waals surface area (Å²) in [6.45, 7) is 1.87. The average molecular weight is 326 g/mol. The Balaban J connectivity index is 1.57. The molecule has 1 aromatic heterocycles. The van der Waals surface area contributed by atoms with Gasteiger partial charge in [0.25, 0.3) is 0 Å². The van der Waals surface area contributed by atoms with E-state index in [-0.39, 0.29) is 5.75 Å². The van der Waals surface area contributed by atoms with Crippen LogP contribution in [0.3, 0.4) is 0 Å². The number of aromatic nitrogens is 1. The summed E-state index contributed by atoms with van der Waals surface area (Å²) >= 11 is 0. The first-order chi connectivity index (χ1) is 11.6. The van der Waals surface area contributed by atoms with Crippen LogP contribution in [0, 0.1) is 6.92 Å². The second-order valence-corrected chi connectivity index (χ2v) is 6.12. The Morgan fingerprint density at radius 1 is 1.12 bits per heavy atom. The summed E-state index contributed by atoms with van der Waals surface area (Å²) in [6.07, 6.45) is 0.134. The quantitative estimate of drug-likeness (QED) is 0.480. The monoisotopic (exact) mass is 326 g/mol. The van der Waals surface area contributed by atoms with Gasteiger partial charge in [0.05, 0.1) is 6.04 Å². The first-order valence-electron chi connectivity index (χ1n) is 7.91. The highest BCUT2D eigenvalue weighted by atomic mass is 19.1. The highest BCUT2D eigenvalue weighted by molar-refractivity contribution is 5.83. The normalized spacial score (nSPS) is 23.7. The number of aromatic amines is 1. The number of benzene rings is 2. The number of para-hydroxylation sites is 1. The molecule has 0 spiro atoms. The fraction of sp³-hybridized carbons (Fsp3) is 0.222. The summed E-state index contributed by atoms with van der Waals surface area (Å²) in [4.78, 5) is 3.18. The van der Waals surface area contributed by atoms with Gasteiger partial charge in [-0.25, -0.2) is 15.2 Å². The SMILES string of the molecule is Cc1cc(O)ccc1NC1NNC(c2c[nH]c3ccccc23)C1F. The number of aryl methyl sites for hydroxylation is 1. The molecule has 0 bridgehead atoms. The number of alkyl halides is 1. The molecule has 3 unspecified atom stereocenters. The van der Waals surface area contributed by atoms with E-state index < -0.39 is 18.4 Å². The molecule has 4 rings (SSSR count). The van der Waals surface area contributed by atoms with E-state index in [1.807, 2.05) is 37.4 Å². The standard InChI is InChI=1S/C18H19FN4O/c1-10-8-11(24)6-7-14(10)21-18-16(19)17(22-23-18)13-9-20-15-5-3-2-4-12(13)15/h2-9,16-18,20-24H,1H3. The molecule has 3 atom stereocenters. The highest BCUT2D eigenvalue weighted by Gasteiger charge is 2.38. The van der Waals surface area contributed by atoms with Crippen LogP contribution in [0.4, 0.5) is 10.1 Å². The molecular formula is C18H19FN4O. The summed E-state index contributed by atoms with van der Waals surface area (Å²) in [5.41, 5.74) is 9.57. The van der Waals surface area contributed by atoms with Crippen molar-refractivity contribution in [3.05, 3.63) is 59.8 Å². The van der Waals surface area contributed by atoms with Crippen LogP contribution in [-0.2, 0) is 0 Å². The number of hydrogen-bond donors (Lipinski definition) is 5. The van der Waals surface area contributed by atoms with Crippen LogP contribution in [0.15, 0.2) is 48.7 Å². The third-order valence-electron chi connectivity index (χ3n) is 4.51. The van der Waals surface area contributed by atoms with E-state index in [9.17, 15) is 9.50 Å². The van der Waals surface area contributed by atoms with Crippen molar-refractivity contribution >= 4 is 16.6 Å². The second-order valence-electron chi connectivity index (χ2n) is 6.12. The number of phenols is 1. The molecule has 2 aromatic carbocycles. The number of fused-ring (bicyclic) bond motifs is 1. The van der Waals surface area contributed by atoms with Crippen molar-refractivity contribution in [2.24, 2.45) is 0 Å². The van der Waals surface area contributed by atoms with Crippen LogP contribution in [0.2, 0.25) is 0 Å². The number of hydrogen-bond acceptors (Lipinski definition) is 4. The molecule has 1 saturated heterocycles. The maximum Gasteiger partial charge on any atom is 0.155 e. The van der Waals surface area contributed by atoms with E-state index in [0.29, 0.717) is 0 Å². The number of halogens is 1. The molecule has 6 heteroatoms. The van der Waals surface area contributed by atoms with E-state index in [2.05, 4.69) is 21.2 Å². The molecule has 24 heavy (non-hydrogen) atoms. The molecule has 5 nitrogen and oxygen atoms in total. The van der Waals surface area contributed by atoms with Gasteiger partial charge in [-0.1, -0.05) is 18.2 Å². The maximum atomic E-state index is 15.0. The molecule has 1 aliphatic heterocycles. The molecule has 0 saturated carbocycles. The van der Waals surface area contributed by atoms with Crippen LogP contribution in [0.25, 0.3) is 10.9 Å². The van der Waals surface area contributed by atoms with Gasteiger partial charge in [0.2, 0.25) is 0 Å². The molecule has 0 amide bonds. The van der Waals surface area contributed by atoms with Crippen molar-refractivity contribution in [2.75, 3.05) is 5.32 Å². The predicted molar refractivity (Wildman–Crippen MR) is 92.5 cm³/mol. The van der Waals surface area contributed by atoms with Gasteiger partial charge >= 0.3 is 0 Å². The van der Waals surface area contributed by atoms with Crippen LogP contribution in [0.5, 0.6) is 5.75 Å². The largest absolute Gasteiger partial charge is 0.508 e. The lowest BCUT2D eigenvalue weighted by Gasteiger charge is -2.19. The Morgan fingerprint density at radius 2 is 1.96 bits per heavy atom. The van der Waals surface area contributed by atoms with Crippen molar-refractivity contribution in [3.8, 4) is 5.75 Å². The average Bonchev–Trinajstić information content (AvgIpc) is 3.14. The fourth-order valence-corrected chi connectivity index (χ4v) is 3.22. The van der Waals surface area contributed by atoms with E-state index in [1.165, 1.54) is 0 Å². The lowest BCUT2D eigenvalue weighted by Crippen LogP contribution is -2.39. The Morgan fingerprint density at radius 3 is 2.79 bits per heavy atom. The molecule has 124 valence electrons. The number of hydrazine groups is 1. The lowest BCUT2D eigenvalue weighted by atomic mass is 10.0. The molecule has 1 fully saturated rings. The zero-order valence-corrected chi connectivity index (χ0v) is 13.2. The summed E-state index contributed by atoms with van der Waals surface area (Å²) in [5, 5.41) is 13.7. The Labute approximate surface area is 138 Å². The zero-order chi connectivity index (χ0) is 16.7. The molecule has 3 aromatic rings. The minimum atomic E-state index is -1.16. The number of rotatable bonds is 3. The van der Waals surface area contributed by atoms with Gasteiger partial charge in [-0.05, 0) is 42.3 Å². The van der Waals surface area contributed by atoms with Crippen molar-refractivity contribution < 1.29 is 9.50 Å². The molecule has 0 aliphatic carbocycles. The first kappa shape index (κ1) is 15.0. The number of phenolic OH excluding ortho intramolecular Hbond substituents is 1. The number of aromatic hydroxyl groups is 1. The molecule has 0 radical (unpaired) electrons. The van der Waals surface area contributed by atoms with Crippen LogP contribution in [0.1, 0.15) is 17.2 Å². The summed E-state index contributed by atoms with van der Waals surface area (Å²) < 4.78 is 15.0. The Bertz CT molecular complexity index is 878. The van der Waals surface area contributed by atoms with Crippen LogP contribution < -0.4 is 16.2 Å². The topological polar surface area (TPSA) is 72.1 Å². The van der Waals surface area contributed by atoms with Crippen LogP contribution in [-0.4, -0.2) is 22.4 Å². The zero-order valence-electron chi connectivity index (χ0n) is 13.2. The minimum Gasteiger partial charge on any atom is -0.508 e. The molecule has 2 heterocycles. The lowest BCUT2D eigenvalue weighted by molar-refractivity contribution is 0.289. The Hall–Kier alpha value is -2.57. The van der Waals surface area contributed by atoms with Crippen molar-refractivity contribution in [1.82, 2.24) is 15.8 Å². The number of H-pyrrole nitrogens is 1. The van der Waals surface area contributed by atoms with Gasteiger partial charge in [0.1, 0.15) is 11.9 Å². The summed E-state index contributed by atoms with van der Waals surface area (Å²) in [7, 11) is 0. The third kappa shape index (κ3) is 2.50. The number of nitrogens with one attached hydrogen (secondary N) is 4. The van der Waals surface area contributed by atoms with E-state index >= 15 is 0 Å². The predicted octanol–water partition coefficient (Wildman–Crippen LogP) is 3.11. The highest BCUT2D eigenvalue weighted by Crippen LogP contribution is 2.32. The summed E-state index contributed by atoms with van der Waals surface area (Å²) in [6, 6.07) is 12.4. The van der Waals surface area contributed by atoms with Gasteiger partial charge in [0.15, 0.2) is 6.17 Å². The van der Waals surface area contributed by atoms with E-state index in [4.69, 9.17) is 0 Å². The van der Waals surface area contributed by atoms with Crippen molar-refractivity contribution in [1.29, 1.82) is 0 Å². The van der Waals surface area contributed by atoms with Crippen molar-refractivity contribution in [3.63, 3.8) is 0 Å². The molecule has 1 aliphatic rings. The first-order valence-corrected chi connectivity index (χ1v) is 7.91. The van der Waals surface area contributed by atoms with Crippen LogP contribution >= 0.6 is 0 Å². The van der Waals surface area contributed by atoms with E-state index in [0.717, 1.165) is 27.7 Å². The third-order valence-corrected chi connectivity index (χ3v) is 4.51. The molecule has 5 N–H and O–H groups in total. The van der Waals surface area contributed by atoms with Crippen molar-refractivity contribution in [2.45, 2.75) is 25.3 Å². The fourth-order valence-electron chi connectivity index (χ4n) is 3.22. The Kier molecular flexibility index (Phi) is 3.63. The maximum absolute atomic E-state index is 15.0. The number of anilines is 1. The smallest absolute Gasteiger partial charge is 0.155 e. The van der Waals surface area contributed by atoms with Gasteiger partial charge in [-0.15, -0.1) is 0 Å². The van der Waals surface area contributed by atoms with Gasteiger partial charge in [-0.3, -0.25) is 0 Å². The van der Waals surface area contributed by atoms with Gasteiger partial charge in [0, 0.05) is 22.8 Å². The molecular weight excluding hydrogens is 307 g/mol. The van der Waals surface area contributed by atoms with Gasteiger partial charge < -0.3 is 15.4 Å². The minimum absolute atomic E-state index is 0.198. The second kappa shape index (κ2) is 5.81. The van der Waals surface area contributed by atoms with E-state index in [1.54, 1.807) is 18.2 Å². The van der Waals surface area contributed by atoms with Gasteiger partial charge in [-0.2, -0.15) is 0 Å². The summed E-state index contributed by atoms with van der Waals surface area (Å²) in [5.74, 6) is 0.198.